The van der Waals surface area contributed by atoms with E-state index < -0.39 is 5.60 Å². The van der Waals surface area contributed by atoms with Crippen molar-refractivity contribution < 1.29 is 23.7 Å². The van der Waals surface area contributed by atoms with E-state index in [1.54, 1.807) is 31.5 Å². The Hall–Kier alpha value is -5.38. The van der Waals surface area contributed by atoms with Gasteiger partial charge in [0.2, 0.25) is 11.8 Å². The van der Waals surface area contributed by atoms with Gasteiger partial charge in [-0.15, -0.1) is 0 Å². The van der Waals surface area contributed by atoms with Crippen LogP contribution in [0, 0.1) is 6.92 Å². The van der Waals surface area contributed by atoms with E-state index in [0.717, 1.165) is 64.8 Å². The van der Waals surface area contributed by atoms with Gasteiger partial charge in [-0.2, -0.15) is 0 Å². The fourth-order valence-electron chi connectivity index (χ4n) is 6.28. The molecular formula is C40H45N5O5. The number of nitrogens with zero attached hydrogens (tertiary/aromatic N) is 4. The number of anilines is 1. The average molecular weight is 676 g/mol. The minimum Gasteiger partial charge on any atom is -0.493 e. The number of hydrogen-bond acceptors (Lipinski definition) is 9. The number of pyridine rings is 1. The van der Waals surface area contributed by atoms with Crippen molar-refractivity contribution >= 4 is 22.8 Å². The molecule has 0 saturated carbocycles. The van der Waals surface area contributed by atoms with Gasteiger partial charge in [0.15, 0.2) is 11.5 Å². The first-order valence-corrected chi connectivity index (χ1v) is 17.0. The van der Waals surface area contributed by atoms with E-state index in [2.05, 4.69) is 51.7 Å². The van der Waals surface area contributed by atoms with Crippen LogP contribution in [0.2, 0.25) is 0 Å². The van der Waals surface area contributed by atoms with Gasteiger partial charge in [0.25, 0.3) is 0 Å². The summed E-state index contributed by atoms with van der Waals surface area (Å²) in [4.78, 5) is 28.4. The lowest BCUT2D eigenvalue weighted by Gasteiger charge is -2.34. The Labute approximate surface area is 293 Å². The molecule has 0 radical (unpaired) electrons. The lowest BCUT2D eigenvalue weighted by molar-refractivity contribution is 0.0206. The lowest BCUT2D eigenvalue weighted by atomic mass is 9.96. The number of aromatic nitrogens is 3. The Morgan fingerprint density at radius 1 is 0.920 bits per heavy atom. The second-order valence-electron chi connectivity index (χ2n) is 13.5. The minimum atomic E-state index is -0.543. The van der Waals surface area contributed by atoms with Crippen molar-refractivity contribution in [3.8, 4) is 34.4 Å². The molecule has 0 unspecified atom stereocenters. The zero-order valence-electron chi connectivity index (χ0n) is 29.7. The van der Waals surface area contributed by atoms with Crippen molar-refractivity contribution in [2.45, 2.75) is 65.0 Å². The van der Waals surface area contributed by atoms with Crippen molar-refractivity contribution in [3.05, 3.63) is 95.8 Å². The van der Waals surface area contributed by atoms with Crippen molar-refractivity contribution in [2.75, 3.05) is 32.6 Å². The third-order valence-electron chi connectivity index (χ3n) is 8.74. The van der Waals surface area contributed by atoms with Gasteiger partial charge in [0, 0.05) is 36.9 Å². The van der Waals surface area contributed by atoms with Crippen LogP contribution in [0.5, 0.6) is 23.1 Å². The highest BCUT2D eigenvalue weighted by Gasteiger charge is 2.28. The summed E-state index contributed by atoms with van der Waals surface area (Å²) in [5, 5.41) is 5.59. The van der Waals surface area contributed by atoms with Gasteiger partial charge < -0.3 is 29.2 Å². The van der Waals surface area contributed by atoms with Crippen LogP contribution in [0.4, 0.5) is 10.7 Å². The van der Waals surface area contributed by atoms with Crippen molar-refractivity contribution in [1.82, 2.24) is 19.9 Å². The van der Waals surface area contributed by atoms with E-state index in [1.807, 2.05) is 58.0 Å². The SMILES string of the molecule is COc1ccc(CCc2cccc3c(Oc4ncccc4-c4ccnc(N[C@H]5CCCN(C(=O)OC(C)(C)C)C5)n4)c(C)ccc23)cc1OC. The number of piperidine rings is 1. The molecule has 3 heterocycles. The second-order valence-corrected chi connectivity index (χ2v) is 13.5. The molecule has 10 heteroatoms. The fourth-order valence-corrected chi connectivity index (χ4v) is 6.28. The van der Waals surface area contributed by atoms with Gasteiger partial charge in [-0.25, -0.2) is 19.7 Å². The predicted octanol–water partition coefficient (Wildman–Crippen LogP) is 8.41. The summed E-state index contributed by atoms with van der Waals surface area (Å²) in [6, 6.07) is 22.3. The summed E-state index contributed by atoms with van der Waals surface area (Å²) < 4.78 is 23.2. The molecule has 6 rings (SSSR count). The van der Waals surface area contributed by atoms with Gasteiger partial charge >= 0.3 is 6.09 Å². The second kappa shape index (κ2) is 15.0. The first-order chi connectivity index (χ1) is 24.1. The summed E-state index contributed by atoms with van der Waals surface area (Å²) in [6.45, 7) is 8.86. The number of likely N-dealkylation sites (tertiary alicyclic amines) is 1. The Morgan fingerprint density at radius 3 is 2.56 bits per heavy atom. The molecule has 5 aromatic rings. The molecule has 1 amide bonds. The van der Waals surface area contributed by atoms with Gasteiger partial charge in [-0.05, 0) is 106 Å². The third-order valence-corrected chi connectivity index (χ3v) is 8.74. The third kappa shape index (κ3) is 8.07. The van der Waals surface area contributed by atoms with Crippen LogP contribution in [0.15, 0.2) is 79.1 Å². The molecular weight excluding hydrogens is 630 g/mol. The van der Waals surface area contributed by atoms with E-state index in [9.17, 15) is 4.79 Å². The normalized spacial score (nSPS) is 14.7. The topological polar surface area (TPSA) is 108 Å². The largest absolute Gasteiger partial charge is 0.493 e. The number of aryl methyl sites for hydroxylation is 3. The quantitative estimate of drug-likeness (QED) is 0.156. The number of nitrogens with one attached hydrogen (secondary N) is 1. The highest BCUT2D eigenvalue weighted by atomic mass is 16.6. The average Bonchev–Trinajstić information content (AvgIpc) is 3.11. The maximum Gasteiger partial charge on any atom is 0.410 e. The molecule has 1 fully saturated rings. The number of benzene rings is 3. The van der Waals surface area contributed by atoms with Gasteiger partial charge in [0.05, 0.1) is 25.5 Å². The van der Waals surface area contributed by atoms with E-state index in [1.165, 1.54) is 11.1 Å². The molecule has 260 valence electrons. The summed E-state index contributed by atoms with van der Waals surface area (Å²) in [5.41, 5.74) is 4.28. The number of fused-ring (bicyclic) bond motifs is 1. The number of hydrogen-bond donors (Lipinski definition) is 1. The molecule has 1 aliphatic rings. The van der Waals surface area contributed by atoms with E-state index >= 15 is 0 Å². The Bertz CT molecular complexity index is 1970. The molecule has 10 nitrogen and oxygen atoms in total. The van der Waals surface area contributed by atoms with E-state index in [4.69, 9.17) is 23.9 Å². The van der Waals surface area contributed by atoms with Crippen LogP contribution >= 0.6 is 0 Å². The minimum absolute atomic E-state index is 0.00425. The number of carbonyl (C=O) groups excluding carboxylic acids is 1. The highest BCUT2D eigenvalue weighted by molar-refractivity contribution is 5.92. The van der Waals surface area contributed by atoms with Crippen LogP contribution in [-0.4, -0.2) is 64.9 Å². The zero-order valence-corrected chi connectivity index (χ0v) is 29.7. The lowest BCUT2D eigenvalue weighted by Crippen LogP contribution is -2.47. The zero-order chi connectivity index (χ0) is 35.3. The van der Waals surface area contributed by atoms with Crippen molar-refractivity contribution in [1.29, 1.82) is 0 Å². The standard InChI is InChI=1S/C40H45N5O5/c1-26-14-18-30-28(17-15-27-16-19-34(47-5)35(24-27)48-6)10-7-12-31(30)36(26)49-37-32(13-8-21-41-37)33-20-22-42-38(44-33)43-29-11-9-23-45(25-29)39(46)50-40(2,3)4/h7-8,10,12-14,16,18-22,24,29H,9,11,15,17,23,25H2,1-6H3,(H,42,43,44)/t29-/m0/s1. The summed E-state index contributed by atoms with van der Waals surface area (Å²) >= 11 is 0. The molecule has 2 aromatic heterocycles. The molecule has 0 aliphatic carbocycles. The maximum atomic E-state index is 12.7. The van der Waals surface area contributed by atoms with Gasteiger partial charge in [0.1, 0.15) is 11.4 Å². The maximum absolute atomic E-state index is 12.7. The first kappa shape index (κ1) is 34.5. The number of ether oxygens (including phenoxy) is 4. The van der Waals surface area contributed by atoms with Crippen LogP contribution < -0.4 is 19.5 Å². The summed E-state index contributed by atoms with van der Waals surface area (Å²) in [5.74, 6) is 3.14. The smallest absolute Gasteiger partial charge is 0.410 e. The monoisotopic (exact) mass is 675 g/mol. The molecule has 0 spiro atoms. The fraction of sp³-hybridized carbons (Fsp3) is 0.350. The Kier molecular flexibility index (Phi) is 10.4. The molecule has 0 bridgehead atoms. The number of carbonyl (C=O) groups is 1. The van der Waals surface area contributed by atoms with Crippen molar-refractivity contribution in [3.63, 3.8) is 0 Å². The number of rotatable bonds is 10. The van der Waals surface area contributed by atoms with E-state index in [-0.39, 0.29) is 12.1 Å². The Morgan fingerprint density at radius 2 is 1.76 bits per heavy atom. The first-order valence-electron chi connectivity index (χ1n) is 17.0. The molecule has 3 aromatic carbocycles. The number of amides is 1. The van der Waals surface area contributed by atoms with Gasteiger partial charge in [-0.1, -0.05) is 36.4 Å². The summed E-state index contributed by atoms with van der Waals surface area (Å²) in [7, 11) is 3.30. The molecule has 1 aliphatic heterocycles. The van der Waals surface area contributed by atoms with Crippen LogP contribution in [0.1, 0.15) is 50.3 Å². The summed E-state index contributed by atoms with van der Waals surface area (Å²) in [6.07, 6.45) is 6.59. The molecule has 1 saturated heterocycles. The highest BCUT2D eigenvalue weighted by Crippen LogP contribution is 2.38. The Balaban J connectivity index is 1.22. The molecule has 1 atom stereocenters. The predicted molar refractivity (Wildman–Crippen MR) is 195 cm³/mol. The molecule has 1 N–H and O–H groups in total. The van der Waals surface area contributed by atoms with Crippen LogP contribution in [0.3, 0.4) is 0 Å². The van der Waals surface area contributed by atoms with Gasteiger partial charge in [-0.3, -0.25) is 0 Å². The number of methoxy groups -OCH3 is 2. The van der Waals surface area contributed by atoms with Crippen LogP contribution in [-0.2, 0) is 17.6 Å². The van der Waals surface area contributed by atoms with E-state index in [0.29, 0.717) is 30.6 Å². The van der Waals surface area contributed by atoms with Crippen LogP contribution in [0.25, 0.3) is 22.0 Å². The van der Waals surface area contributed by atoms with Crippen molar-refractivity contribution in [2.24, 2.45) is 0 Å². The molecule has 50 heavy (non-hydrogen) atoms.